The first-order valence-electron chi connectivity index (χ1n) is 6.47. The van der Waals surface area contributed by atoms with Gasteiger partial charge in [0.25, 0.3) is 0 Å². The second-order valence-electron chi connectivity index (χ2n) is 5.25. The van der Waals surface area contributed by atoms with Crippen LogP contribution in [0.25, 0.3) is 0 Å². The summed E-state index contributed by atoms with van der Waals surface area (Å²) >= 11 is 0. The lowest BCUT2D eigenvalue weighted by molar-refractivity contribution is -0.157. The smallest absolute Gasteiger partial charge is 0.410 e. The number of amides is 1. The zero-order valence-electron chi connectivity index (χ0n) is 11.4. The van der Waals surface area contributed by atoms with Gasteiger partial charge in [-0.05, 0) is 26.2 Å². The zero-order chi connectivity index (χ0) is 13.5. The molecule has 1 aliphatic carbocycles. The second kappa shape index (κ2) is 4.44. The molecule has 1 saturated carbocycles. The predicted molar refractivity (Wildman–Crippen MR) is 65.0 cm³/mol. The molecule has 0 aromatic heterocycles. The topological polar surface area (TPSA) is 55.8 Å². The van der Waals surface area contributed by atoms with Gasteiger partial charge < -0.3 is 14.4 Å². The molecule has 0 spiro atoms. The van der Waals surface area contributed by atoms with Crippen LogP contribution in [0, 0.1) is 11.3 Å². The minimum absolute atomic E-state index is 0.0580. The standard InChI is InChI=1S/C13H21NO4/c1-5-13-7-6-9(11(15)17-3)10(13)14(8(13)2)12(16)18-4/h8-10H,5-7H2,1-4H3/t8?,9-,10?,13?/m1/s1. The van der Waals surface area contributed by atoms with Gasteiger partial charge in [0.05, 0.1) is 26.2 Å². The van der Waals surface area contributed by atoms with E-state index in [1.54, 1.807) is 4.90 Å². The summed E-state index contributed by atoms with van der Waals surface area (Å²) in [5.41, 5.74) is 0.0625. The Morgan fingerprint density at radius 3 is 2.50 bits per heavy atom. The summed E-state index contributed by atoms with van der Waals surface area (Å²) in [7, 11) is 2.78. The maximum Gasteiger partial charge on any atom is 0.410 e. The van der Waals surface area contributed by atoms with E-state index in [1.165, 1.54) is 14.2 Å². The Morgan fingerprint density at radius 1 is 1.33 bits per heavy atom. The van der Waals surface area contributed by atoms with Crippen LogP contribution in [0.3, 0.4) is 0 Å². The molecule has 0 radical (unpaired) electrons. The third kappa shape index (κ3) is 1.45. The molecule has 1 heterocycles. The van der Waals surface area contributed by atoms with Crippen molar-refractivity contribution in [3.63, 3.8) is 0 Å². The van der Waals surface area contributed by atoms with Gasteiger partial charge in [-0.2, -0.15) is 0 Å². The van der Waals surface area contributed by atoms with E-state index in [-0.39, 0.29) is 35.5 Å². The summed E-state index contributed by atoms with van der Waals surface area (Å²) in [5, 5.41) is 0. The van der Waals surface area contributed by atoms with E-state index in [1.807, 2.05) is 6.92 Å². The Hall–Kier alpha value is -1.26. The molecule has 2 rings (SSSR count). The molecule has 5 heteroatoms. The lowest BCUT2D eigenvalue weighted by Gasteiger charge is -2.60. The second-order valence-corrected chi connectivity index (χ2v) is 5.25. The van der Waals surface area contributed by atoms with Crippen molar-refractivity contribution in [2.75, 3.05) is 14.2 Å². The molecule has 18 heavy (non-hydrogen) atoms. The van der Waals surface area contributed by atoms with Crippen LogP contribution in [0.5, 0.6) is 0 Å². The number of fused-ring (bicyclic) bond motifs is 1. The number of nitrogens with zero attached hydrogens (tertiary/aromatic N) is 1. The van der Waals surface area contributed by atoms with Crippen LogP contribution in [-0.2, 0) is 14.3 Å². The normalized spacial score (nSPS) is 37.8. The number of carbonyl (C=O) groups excluding carboxylic acids is 2. The molecule has 102 valence electrons. The summed E-state index contributed by atoms with van der Waals surface area (Å²) < 4.78 is 9.67. The highest BCUT2D eigenvalue weighted by Gasteiger charge is 2.66. The molecular weight excluding hydrogens is 234 g/mol. The maximum atomic E-state index is 11.8. The lowest BCUT2D eigenvalue weighted by Crippen LogP contribution is -2.71. The van der Waals surface area contributed by atoms with Crippen molar-refractivity contribution in [3.05, 3.63) is 0 Å². The van der Waals surface area contributed by atoms with E-state index in [9.17, 15) is 9.59 Å². The van der Waals surface area contributed by atoms with Crippen LogP contribution < -0.4 is 0 Å². The molecule has 4 atom stereocenters. The van der Waals surface area contributed by atoms with Crippen molar-refractivity contribution >= 4 is 12.1 Å². The number of carbonyl (C=O) groups is 2. The molecule has 1 aliphatic heterocycles. The number of methoxy groups -OCH3 is 2. The molecule has 3 unspecified atom stereocenters. The Labute approximate surface area is 107 Å². The van der Waals surface area contributed by atoms with Gasteiger partial charge in [-0.3, -0.25) is 4.79 Å². The van der Waals surface area contributed by atoms with Gasteiger partial charge in [-0.15, -0.1) is 0 Å². The van der Waals surface area contributed by atoms with Gasteiger partial charge in [0.2, 0.25) is 0 Å². The maximum absolute atomic E-state index is 11.8. The molecule has 1 amide bonds. The minimum atomic E-state index is -0.340. The number of hydrogen-bond donors (Lipinski definition) is 0. The van der Waals surface area contributed by atoms with Crippen molar-refractivity contribution in [2.24, 2.45) is 11.3 Å². The molecule has 0 aromatic rings. The first-order chi connectivity index (χ1) is 8.53. The average molecular weight is 255 g/mol. The Morgan fingerprint density at radius 2 is 2.00 bits per heavy atom. The average Bonchev–Trinajstić information content (AvgIpc) is 2.73. The fourth-order valence-electron chi connectivity index (χ4n) is 3.95. The molecule has 0 N–H and O–H groups in total. The van der Waals surface area contributed by atoms with E-state index < -0.39 is 0 Å². The van der Waals surface area contributed by atoms with Gasteiger partial charge in [-0.25, -0.2) is 4.79 Å². The molecule has 2 fully saturated rings. The fraction of sp³-hybridized carbons (Fsp3) is 0.846. The van der Waals surface area contributed by atoms with Crippen molar-refractivity contribution in [1.82, 2.24) is 4.90 Å². The molecule has 2 aliphatic rings. The largest absolute Gasteiger partial charge is 0.469 e. The van der Waals surface area contributed by atoms with E-state index >= 15 is 0 Å². The predicted octanol–water partition coefficient (Wildman–Crippen LogP) is 1.80. The molecule has 1 saturated heterocycles. The molecule has 0 aromatic carbocycles. The fourth-order valence-corrected chi connectivity index (χ4v) is 3.95. The van der Waals surface area contributed by atoms with Crippen LogP contribution in [0.2, 0.25) is 0 Å². The summed E-state index contributed by atoms with van der Waals surface area (Å²) in [6.07, 6.45) is 2.40. The number of esters is 1. The minimum Gasteiger partial charge on any atom is -0.469 e. The van der Waals surface area contributed by atoms with Crippen LogP contribution >= 0.6 is 0 Å². The number of likely N-dealkylation sites (tertiary alicyclic amines) is 1. The lowest BCUT2D eigenvalue weighted by atomic mass is 9.64. The van der Waals surface area contributed by atoms with Crippen LogP contribution in [-0.4, -0.2) is 43.3 Å². The number of rotatable bonds is 2. The van der Waals surface area contributed by atoms with Crippen LogP contribution in [0.15, 0.2) is 0 Å². The molecule has 0 bridgehead atoms. The van der Waals surface area contributed by atoms with Gasteiger partial charge in [0.15, 0.2) is 0 Å². The SMILES string of the molecule is CCC12CC[C@@H](C(=O)OC)C1N(C(=O)OC)C2C. The van der Waals surface area contributed by atoms with Gasteiger partial charge in [0, 0.05) is 11.5 Å². The third-order valence-corrected chi connectivity index (χ3v) is 4.99. The first kappa shape index (κ1) is 13.2. The van der Waals surface area contributed by atoms with E-state index in [2.05, 4.69) is 6.92 Å². The summed E-state index contributed by atoms with van der Waals surface area (Å²) in [5.74, 6) is -0.415. The van der Waals surface area contributed by atoms with Gasteiger partial charge >= 0.3 is 12.1 Å². The van der Waals surface area contributed by atoms with E-state index in [0.29, 0.717) is 0 Å². The molecule has 5 nitrogen and oxygen atoms in total. The summed E-state index contributed by atoms with van der Waals surface area (Å²) in [6.45, 7) is 4.16. The highest BCUT2D eigenvalue weighted by Crippen LogP contribution is 2.59. The van der Waals surface area contributed by atoms with E-state index in [4.69, 9.17) is 9.47 Å². The highest BCUT2D eigenvalue weighted by molar-refractivity contribution is 5.77. The Kier molecular flexibility index (Phi) is 3.25. The number of hydrogen-bond acceptors (Lipinski definition) is 4. The summed E-state index contributed by atoms with van der Waals surface area (Å²) in [4.78, 5) is 25.3. The van der Waals surface area contributed by atoms with Crippen LogP contribution in [0.4, 0.5) is 4.79 Å². The Balaban J connectivity index is 2.27. The van der Waals surface area contributed by atoms with Crippen molar-refractivity contribution < 1.29 is 19.1 Å². The summed E-state index contributed by atoms with van der Waals surface area (Å²) in [6, 6.07) is 0.0759. The quantitative estimate of drug-likeness (QED) is 0.706. The van der Waals surface area contributed by atoms with Gasteiger partial charge in [0.1, 0.15) is 0 Å². The highest BCUT2D eigenvalue weighted by atomic mass is 16.5. The first-order valence-corrected chi connectivity index (χ1v) is 6.47. The monoisotopic (exact) mass is 255 g/mol. The molecular formula is C13H21NO4. The van der Waals surface area contributed by atoms with Crippen molar-refractivity contribution in [2.45, 2.75) is 45.2 Å². The van der Waals surface area contributed by atoms with Crippen molar-refractivity contribution in [3.8, 4) is 0 Å². The van der Waals surface area contributed by atoms with Crippen LogP contribution in [0.1, 0.15) is 33.1 Å². The van der Waals surface area contributed by atoms with Crippen molar-refractivity contribution in [1.29, 1.82) is 0 Å². The number of ether oxygens (including phenoxy) is 2. The third-order valence-electron chi connectivity index (χ3n) is 4.99. The zero-order valence-corrected chi connectivity index (χ0v) is 11.4. The van der Waals surface area contributed by atoms with E-state index in [0.717, 1.165) is 19.3 Å². The van der Waals surface area contributed by atoms with Gasteiger partial charge in [-0.1, -0.05) is 6.92 Å². The Bertz CT molecular complexity index is 370.